The number of rotatable bonds is 3. The summed E-state index contributed by atoms with van der Waals surface area (Å²) in [5.74, 6) is 0.308. The summed E-state index contributed by atoms with van der Waals surface area (Å²) in [5.41, 5.74) is 1.95. The Labute approximate surface area is 77.5 Å². The Morgan fingerprint density at radius 2 is 2.23 bits per heavy atom. The smallest absolute Gasteiger partial charge is 0.142 e. The zero-order chi connectivity index (χ0) is 9.68. The van der Waals surface area contributed by atoms with Crippen molar-refractivity contribution in [3.63, 3.8) is 0 Å². The lowest BCUT2D eigenvalue weighted by Crippen LogP contribution is -1.83. The molecule has 0 bridgehead atoms. The van der Waals surface area contributed by atoms with Crippen LogP contribution in [0.25, 0.3) is 0 Å². The van der Waals surface area contributed by atoms with Crippen molar-refractivity contribution in [1.82, 2.24) is 0 Å². The van der Waals surface area contributed by atoms with Gasteiger partial charge in [0.05, 0.1) is 0 Å². The zero-order valence-corrected chi connectivity index (χ0v) is 7.53. The number of aryl methyl sites for hydroxylation is 1. The van der Waals surface area contributed by atoms with Gasteiger partial charge >= 0.3 is 0 Å². The van der Waals surface area contributed by atoms with Crippen molar-refractivity contribution in [2.45, 2.75) is 13.3 Å². The first-order chi connectivity index (χ1) is 6.24. The van der Waals surface area contributed by atoms with Crippen molar-refractivity contribution in [2.75, 3.05) is 0 Å². The minimum atomic E-state index is 0.308. The molecule has 0 aliphatic carbocycles. The molecule has 2 nitrogen and oxygen atoms in total. The second-order valence-electron chi connectivity index (χ2n) is 2.89. The molecule has 1 rings (SSSR count). The SMILES string of the molecule is Cc1cc(C/C=C/C=O)ccc1O. The molecule has 1 aromatic carbocycles. The molecule has 0 atom stereocenters. The molecule has 0 radical (unpaired) electrons. The van der Waals surface area contributed by atoms with Crippen molar-refractivity contribution in [2.24, 2.45) is 0 Å². The highest BCUT2D eigenvalue weighted by molar-refractivity contribution is 5.64. The second-order valence-corrected chi connectivity index (χ2v) is 2.89. The highest BCUT2D eigenvalue weighted by atomic mass is 16.3. The fourth-order valence-corrected chi connectivity index (χ4v) is 1.10. The maximum Gasteiger partial charge on any atom is 0.142 e. The number of carbonyl (C=O) groups excluding carboxylic acids is 1. The molecule has 2 heteroatoms. The Bertz CT molecular complexity index is 327. The van der Waals surface area contributed by atoms with E-state index in [4.69, 9.17) is 0 Å². The third kappa shape index (κ3) is 2.75. The molecule has 0 amide bonds. The first kappa shape index (κ1) is 9.52. The van der Waals surface area contributed by atoms with E-state index in [2.05, 4.69) is 0 Å². The topological polar surface area (TPSA) is 37.3 Å². The number of aldehydes is 1. The van der Waals surface area contributed by atoms with Crippen LogP contribution in [0.4, 0.5) is 0 Å². The molecule has 0 saturated heterocycles. The molecular formula is C11H12O2. The van der Waals surface area contributed by atoms with Crippen molar-refractivity contribution in [1.29, 1.82) is 0 Å². The normalized spacial score (nSPS) is 10.5. The quantitative estimate of drug-likeness (QED) is 0.565. The maximum atomic E-state index is 9.99. The molecule has 0 aliphatic heterocycles. The first-order valence-electron chi connectivity index (χ1n) is 4.13. The number of benzene rings is 1. The summed E-state index contributed by atoms with van der Waals surface area (Å²) in [6, 6.07) is 5.42. The van der Waals surface area contributed by atoms with Crippen molar-refractivity contribution >= 4 is 6.29 Å². The van der Waals surface area contributed by atoms with Gasteiger partial charge in [0, 0.05) is 0 Å². The molecule has 0 fully saturated rings. The summed E-state index contributed by atoms with van der Waals surface area (Å²) in [6.07, 6.45) is 4.74. The molecule has 0 heterocycles. The summed E-state index contributed by atoms with van der Waals surface area (Å²) in [4.78, 5) is 9.99. The third-order valence-corrected chi connectivity index (χ3v) is 1.83. The number of allylic oxidation sites excluding steroid dienone is 2. The summed E-state index contributed by atoms with van der Waals surface area (Å²) >= 11 is 0. The number of hydrogen-bond donors (Lipinski definition) is 1. The van der Waals surface area contributed by atoms with E-state index in [1.165, 1.54) is 6.08 Å². The lowest BCUT2D eigenvalue weighted by Gasteiger charge is -2.00. The van der Waals surface area contributed by atoms with E-state index >= 15 is 0 Å². The molecule has 0 unspecified atom stereocenters. The average Bonchev–Trinajstić information content (AvgIpc) is 2.12. The van der Waals surface area contributed by atoms with Gasteiger partial charge in [-0.2, -0.15) is 0 Å². The lowest BCUT2D eigenvalue weighted by molar-refractivity contribution is -0.104. The predicted molar refractivity (Wildman–Crippen MR) is 51.8 cm³/mol. The van der Waals surface area contributed by atoms with Gasteiger partial charge in [-0.15, -0.1) is 0 Å². The van der Waals surface area contributed by atoms with Crippen LogP contribution in [-0.2, 0) is 11.2 Å². The fourth-order valence-electron chi connectivity index (χ4n) is 1.10. The Hall–Kier alpha value is -1.57. The summed E-state index contributed by atoms with van der Waals surface area (Å²) in [7, 11) is 0. The van der Waals surface area contributed by atoms with Crippen LogP contribution < -0.4 is 0 Å². The molecule has 0 aromatic heterocycles. The Morgan fingerprint density at radius 3 is 2.85 bits per heavy atom. The van der Waals surface area contributed by atoms with E-state index in [1.807, 2.05) is 19.1 Å². The molecule has 1 N–H and O–H groups in total. The minimum Gasteiger partial charge on any atom is -0.508 e. The van der Waals surface area contributed by atoms with Gasteiger partial charge in [0.25, 0.3) is 0 Å². The van der Waals surface area contributed by atoms with Crippen LogP contribution in [-0.4, -0.2) is 11.4 Å². The molecule has 13 heavy (non-hydrogen) atoms. The molecule has 1 aromatic rings. The average molecular weight is 176 g/mol. The van der Waals surface area contributed by atoms with Gasteiger partial charge in [0.2, 0.25) is 0 Å². The van der Waals surface area contributed by atoms with Gasteiger partial charge in [0.1, 0.15) is 12.0 Å². The van der Waals surface area contributed by atoms with Crippen LogP contribution in [0.1, 0.15) is 11.1 Å². The van der Waals surface area contributed by atoms with Crippen molar-refractivity contribution in [3.05, 3.63) is 41.5 Å². The van der Waals surface area contributed by atoms with E-state index in [0.717, 1.165) is 23.8 Å². The molecule has 0 spiro atoms. The van der Waals surface area contributed by atoms with Crippen LogP contribution in [0.5, 0.6) is 5.75 Å². The molecule has 0 saturated carbocycles. The zero-order valence-electron chi connectivity index (χ0n) is 7.53. The monoisotopic (exact) mass is 176 g/mol. The van der Waals surface area contributed by atoms with E-state index in [9.17, 15) is 9.90 Å². The molecule has 68 valence electrons. The molecular weight excluding hydrogens is 164 g/mol. The standard InChI is InChI=1S/C11H12O2/c1-9-8-10(4-2-3-7-12)5-6-11(9)13/h2-3,5-8,13H,4H2,1H3/b3-2+. The number of hydrogen-bond acceptors (Lipinski definition) is 2. The van der Waals surface area contributed by atoms with Crippen molar-refractivity contribution < 1.29 is 9.90 Å². The Balaban J connectivity index is 2.73. The number of phenolic OH excluding ortho intramolecular Hbond substituents is 1. The largest absolute Gasteiger partial charge is 0.508 e. The van der Waals surface area contributed by atoms with Gasteiger partial charge in [-0.1, -0.05) is 18.2 Å². The number of phenols is 1. The van der Waals surface area contributed by atoms with Crippen LogP contribution in [0.15, 0.2) is 30.4 Å². The van der Waals surface area contributed by atoms with E-state index in [1.54, 1.807) is 12.1 Å². The van der Waals surface area contributed by atoms with E-state index in [-0.39, 0.29) is 0 Å². The minimum absolute atomic E-state index is 0.308. The lowest BCUT2D eigenvalue weighted by atomic mass is 10.1. The van der Waals surface area contributed by atoms with Gasteiger partial charge in [-0.25, -0.2) is 0 Å². The Morgan fingerprint density at radius 1 is 1.46 bits per heavy atom. The second kappa shape index (κ2) is 4.45. The summed E-state index contributed by atoms with van der Waals surface area (Å²) in [5, 5.41) is 9.24. The Kier molecular flexibility index (Phi) is 3.26. The first-order valence-corrected chi connectivity index (χ1v) is 4.13. The van der Waals surface area contributed by atoms with Gasteiger partial charge < -0.3 is 5.11 Å². The van der Waals surface area contributed by atoms with Crippen LogP contribution in [0, 0.1) is 6.92 Å². The van der Waals surface area contributed by atoms with Gasteiger partial charge in [0.15, 0.2) is 0 Å². The van der Waals surface area contributed by atoms with E-state index in [0.29, 0.717) is 5.75 Å². The maximum absolute atomic E-state index is 9.99. The number of carbonyl (C=O) groups is 1. The molecule has 0 aliphatic rings. The summed E-state index contributed by atoms with van der Waals surface area (Å²) < 4.78 is 0. The fraction of sp³-hybridized carbons (Fsp3) is 0.182. The third-order valence-electron chi connectivity index (χ3n) is 1.83. The highest BCUT2D eigenvalue weighted by Crippen LogP contribution is 2.17. The van der Waals surface area contributed by atoms with Gasteiger partial charge in [-0.05, 0) is 36.6 Å². The van der Waals surface area contributed by atoms with E-state index < -0.39 is 0 Å². The van der Waals surface area contributed by atoms with Crippen LogP contribution >= 0.6 is 0 Å². The summed E-state index contributed by atoms with van der Waals surface area (Å²) in [6.45, 7) is 1.85. The number of aromatic hydroxyl groups is 1. The van der Waals surface area contributed by atoms with Crippen molar-refractivity contribution in [3.8, 4) is 5.75 Å². The highest BCUT2D eigenvalue weighted by Gasteiger charge is 1.95. The van der Waals surface area contributed by atoms with Crippen LogP contribution in [0.2, 0.25) is 0 Å². The van der Waals surface area contributed by atoms with Gasteiger partial charge in [-0.3, -0.25) is 4.79 Å². The van der Waals surface area contributed by atoms with Crippen LogP contribution in [0.3, 0.4) is 0 Å². The predicted octanol–water partition coefficient (Wildman–Crippen LogP) is 2.00.